The number of esters is 1. The Morgan fingerprint density at radius 1 is 1.15 bits per heavy atom. The van der Waals surface area contributed by atoms with E-state index in [0.717, 1.165) is 12.1 Å². The maximum absolute atomic E-state index is 13.5. The number of carbonyl (C=O) groups excluding carboxylic acids is 2. The Kier molecular flexibility index (Phi) is 6.33. The number of sulfonamides is 1. The third-order valence-electron chi connectivity index (χ3n) is 3.30. The van der Waals surface area contributed by atoms with Gasteiger partial charge in [-0.05, 0) is 30.3 Å². The zero-order chi connectivity index (χ0) is 20.0. The lowest BCUT2D eigenvalue weighted by Gasteiger charge is -2.08. The minimum Gasteiger partial charge on any atom is -0.456 e. The number of Topliss-reactive ketones (excluding diaryl/α,β-unsaturated/α-hetero) is 1. The van der Waals surface area contributed by atoms with Gasteiger partial charge in [-0.1, -0.05) is 12.1 Å². The summed E-state index contributed by atoms with van der Waals surface area (Å²) in [5.74, 6) is -3.92. The fourth-order valence-electron chi connectivity index (χ4n) is 2.01. The van der Waals surface area contributed by atoms with E-state index in [4.69, 9.17) is 5.26 Å². The Morgan fingerprint density at radius 2 is 1.85 bits per heavy atom. The standard InChI is InChI=1S/C17H12F2N2O5S/c18-12-5-6-14(19)13(7-12)15(22)10-26-17(23)9-21-27(24,25)16-4-2-1-3-11(16)8-20/h1-7,21H,9-10H2. The summed E-state index contributed by atoms with van der Waals surface area (Å²) in [7, 11) is -4.17. The highest BCUT2D eigenvalue weighted by Crippen LogP contribution is 2.14. The lowest BCUT2D eigenvalue weighted by molar-refractivity contribution is -0.141. The molecule has 0 saturated carbocycles. The van der Waals surface area contributed by atoms with Crippen LogP contribution >= 0.6 is 0 Å². The zero-order valence-corrected chi connectivity index (χ0v) is 14.4. The van der Waals surface area contributed by atoms with E-state index in [1.54, 1.807) is 6.07 Å². The average molecular weight is 394 g/mol. The molecule has 140 valence electrons. The van der Waals surface area contributed by atoms with Gasteiger partial charge in [0.1, 0.15) is 24.2 Å². The molecule has 0 aliphatic heterocycles. The summed E-state index contributed by atoms with van der Waals surface area (Å²) in [5, 5.41) is 8.93. The molecule has 2 aromatic carbocycles. The maximum atomic E-state index is 13.5. The second-order valence-corrected chi connectivity index (χ2v) is 6.88. The summed E-state index contributed by atoms with van der Waals surface area (Å²) in [6.07, 6.45) is 0. The van der Waals surface area contributed by atoms with Crippen LogP contribution in [-0.4, -0.2) is 33.3 Å². The molecule has 0 atom stereocenters. The molecule has 0 aliphatic rings. The normalized spacial score (nSPS) is 10.9. The third-order valence-corrected chi connectivity index (χ3v) is 4.76. The molecule has 27 heavy (non-hydrogen) atoms. The highest BCUT2D eigenvalue weighted by atomic mass is 32.2. The number of hydrogen-bond donors (Lipinski definition) is 1. The number of ether oxygens (including phenoxy) is 1. The van der Waals surface area contributed by atoms with Crippen LogP contribution in [0, 0.1) is 23.0 Å². The van der Waals surface area contributed by atoms with Crippen molar-refractivity contribution in [3.05, 3.63) is 65.2 Å². The van der Waals surface area contributed by atoms with Crippen LogP contribution in [0.2, 0.25) is 0 Å². The first kappa shape index (κ1) is 20.2. The predicted octanol–water partition coefficient (Wildman–Crippen LogP) is 1.54. The highest BCUT2D eigenvalue weighted by Gasteiger charge is 2.20. The molecule has 0 spiro atoms. The van der Waals surface area contributed by atoms with Gasteiger partial charge in [-0.2, -0.15) is 9.98 Å². The van der Waals surface area contributed by atoms with Gasteiger partial charge in [0.15, 0.2) is 6.61 Å². The molecular weight excluding hydrogens is 382 g/mol. The molecule has 7 nitrogen and oxygen atoms in total. The molecule has 2 aromatic rings. The summed E-state index contributed by atoms with van der Waals surface area (Å²) < 4.78 is 57.3. The van der Waals surface area contributed by atoms with E-state index in [-0.39, 0.29) is 10.5 Å². The first-order valence-corrected chi connectivity index (χ1v) is 8.85. The van der Waals surface area contributed by atoms with Gasteiger partial charge < -0.3 is 4.74 Å². The van der Waals surface area contributed by atoms with E-state index in [2.05, 4.69) is 4.74 Å². The van der Waals surface area contributed by atoms with Gasteiger partial charge in [0.05, 0.1) is 16.0 Å². The molecule has 0 fully saturated rings. The maximum Gasteiger partial charge on any atom is 0.321 e. The average Bonchev–Trinajstić information content (AvgIpc) is 2.66. The van der Waals surface area contributed by atoms with Gasteiger partial charge in [-0.3, -0.25) is 9.59 Å². The Bertz CT molecular complexity index is 1030. The largest absolute Gasteiger partial charge is 0.456 e. The smallest absolute Gasteiger partial charge is 0.321 e. The summed E-state index contributed by atoms with van der Waals surface area (Å²) in [6, 6.07) is 9.30. The molecule has 0 aliphatic carbocycles. The van der Waals surface area contributed by atoms with Gasteiger partial charge >= 0.3 is 5.97 Å². The van der Waals surface area contributed by atoms with E-state index in [1.807, 2.05) is 4.72 Å². The van der Waals surface area contributed by atoms with Crippen molar-refractivity contribution in [1.29, 1.82) is 5.26 Å². The lowest BCUT2D eigenvalue weighted by atomic mass is 10.1. The van der Waals surface area contributed by atoms with Crippen LogP contribution in [-0.2, 0) is 19.6 Å². The molecule has 10 heteroatoms. The second kappa shape index (κ2) is 8.48. The van der Waals surface area contributed by atoms with Crippen LogP contribution in [0.5, 0.6) is 0 Å². The molecule has 0 amide bonds. The van der Waals surface area contributed by atoms with Crippen molar-refractivity contribution in [2.24, 2.45) is 0 Å². The van der Waals surface area contributed by atoms with E-state index in [9.17, 15) is 26.8 Å². The molecular formula is C17H12F2N2O5S. The molecule has 0 bridgehead atoms. The van der Waals surface area contributed by atoms with Crippen molar-refractivity contribution in [3.8, 4) is 6.07 Å². The number of rotatable bonds is 7. The summed E-state index contributed by atoms with van der Waals surface area (Å²) in [6.45, 7) is -1.71. The molecule has 1 N–H and O–H groups in total. The first-order chi connectivity index (χ1) is 12.7. The molecule has 0 unspecified atom stereocenters. The number of ketones is 1. The molecule has 0 aromatic heterocycles. The van der Waals surface area contributed by atoms with Crippen LogP contribution in [0.1, 0.15) is 15.9 Å². The van der Waals surface area contributed by atoms with Gasteiger partial charge in [0, 0.05) is 0 Å². The SMILES string of the molecule is N#Cc1ccccc1S(=O)(=O)NCC(=O)OCC(=O)c1cc(F)ccc1F. The lowest BCUT2D eigenvalue weighted by Crippen LogP contribution is -2.32. The van der Waals surface area contributed by atoms with Crippen LogP contribution in [0.4, 0.5) is 8.78 Å². The minimum atomic E-state index is -4.17. The predicted molar refractivity (Wildman–Crippen MR) is 88.0 cm³/mol. The van der Waals surface area contributed by atoms with E-state index >= 15 is 0 Å². The third kappa shape index (κ3) is 5.16. The summed E-state index contributed by atoms with van der Waals surface area (Å²) in [5.41, 5.74) is -0.707. The zero-order valence-electron chi connectivity index (χ0n) is 13.6. The van der Waals surface area contributed by atoms with Crippen molar-refractivity contribution < 1.29 is 31.5 Å². The van der Waals surface area contributed by atoms with Crippen molar-refractivity contribution in [2.75, 3.05) is 13.2 Å². The fraction of sp³-hybridized carbons (Fsp3) is 0.118. The number of nitrogens with one attached hydrogen (secondary N) is 1. The van der Waals surface area contributed by atoms with Crippen LogP contribution in [0.15, 0.2) is 47.4 Å². The van der Waals surface area contributed by atoms with E-state index in [0.29, 0.717) is 6.07 Å². The van der Waals surface area contributed by atoms with Gasteiger partial charge in [0.2, 0.25) is 15.8 Å². The van der Waals surface area contributed by atoms with Gasteiger partial charge in [0.25, 0.3) is 0 Å². The molecule has 2 rings (SSSR count). The van der Waals surface area contributed by atoms with Crippen LogP contribution in [0.25, 0.3) is 0 Å². The number of halogens is 2. The number of nitrogens with zero attached hydrogens (tertiary/aromatic N) is 1. The number of hydrogen-bond acceptors (Lipinski definition) is 6. The number of benzene rings is 2. The molecule has 0 saturated heterocycles. The number of carbonyl (C=O) groups is 2. The number of nitriles is 1. The molecule has 0 radical (unpaired) electrons. The molecule has 0 heterocycles. The van der Waals surface area contributed by atoms with E-state index in [1.165, 1.54) is 24.3 Å². The van der Waals surface area contributed by atoms with Crippen molar-refractivity contribution in [3.63, 3.8) is 0 Å². The summed E-state index contributed by atoms with van der Waals surface area (Å²) in [4.78, 5) is 23.1. The van der Waals surface area contributed by atoms with Crippen molar-refractivity contribution >= 4 is 21.8 Å². The van der Waals surface area contributed by atoms with Crippen LogP contribution in [0.3, 0.4) is 0 Å². The Balaban J connectivity index is 1.95. The van der Waals surface area contributed by atoms with Gasteiger partial charge in [-0.15, -0.1) is 0 Å². The van der Waals surface area contributed by atoms with E-state index < -0.39 is 52.1 Å². The van der Waals surface area contributed by atoms with Crippen LogP contribution < -0.4 is 4.72 Å². The quantitative estimate of drug-likeness (QED) is 0.563. The Morgan fingerprint density at radius 3 is 2.56 bits per heavy atom. The second-order valence-electron chi connectivity index (χ2n) is 5.14. The topological polar surface area (TPSA) is 113 Å². The minimum absolute atomic E-state index is 0.116. The van der Waals surface area contributed by atoms with Crippen molar-refractivity contribution in [1.82, 2.24) is 4.72 Å². The van der Waals surface area contributed by atoms with Gasteiger partial charge in [-0.25, -0.2) is 17.2 Å². The first-order valence-electron chi connectivity index (χ1n) is 7.37. The highest BCUT2D eigenvalue weighted by molar-refractivity contribution is 7.89. The Hall–Kier alpha value is -3.16. The Labute approximate surface area is 153 Å². The summed E-state index contributed by atoms with van der Waals surface area (Å²) >= 11 is 0. The monoisotopic (exact) mass is 394 g/mol. The fourth-order valence-corrected chi connectivity index (χ4v) is 3.14. The van der Waals surface area contributed by atoms with Crippen molar-refractivity contribution in [2.45, 2.75) is 4.90 Å².